The molecule has 13 nitrogen and oxygen atoms in total. The first-order chi connectivity index (χ1) is 24.6. The summed E-state index contributed by atoms with van der Waals surface area (Å²) in [7, 11) is 1.87. The number of carbonyl (C=O) groups excluding carboxylic acids is 3. The van der Waals surface area contributed by atoms with Gasteiger partial charge in [0.05, 0.1) is 74.5 Å². The summed E-state index contributed by atoms with van der Waals surface area (Å²) in [5, 5.41) is 16.6. The van der Waals surface area contributed by atoms with E-state index in [1.807, 2.05) is 92.2 Å². The maximum atomic E-state index is 14.5. The lowest BCUT2D eigenvalue weighted by Gasteiger charge is -2.44. The molecule has 0 bridgehead atoms. The number of hydrogen-bond donors (Lipinski definition) is 3. The van der Waals surface area contributed by atoms with Gasteiger partial charge in [0.15, 0.2) is 0 Å². The van der Waals surface area contributed by atoms with Gasteiger partial charge in [0.25, 0.3) is 0 Å². The van der Waals surface area contributed by atoms with Crippen molar-refractivity contribution in [3.63, 3.8) is 0 Å². The van der Waals surface area contributed by atoms with Gasteiger partial charge in [-0.3, -0.25) is 14.4 Å². The topological polar surface area (TPSA) is 152 Å². The van der Waals surface area contributed by atoms with Crippen molar-refractivity contribution < 1.29 is 38.4 Å². The summed E-state index contributed by atoms with van der Waals surface area (Å²) in [5.41, 5.74) is 3.53. The number of thiazole rings is 1. The molecule has 1 fully saturated rings. The lowest BCUT2D eigenvalue weighted by molar-refractivity contribution is -0.152. The van der Waals surface area contributed by atoms with Gasteiger partial charge in [-0.2, -0.15) is 0 Å². The molecule has 1 aliphatic rings. The van der Waals surface area contributed by atoms with Crippen LogP contribution in [0.4, 0.5) is 0 Å². The zero-order valence-electron chi connectivity index (χ0n) is 32.5. The van der Waals surface area contributed by atoms with Crippen LogP contribution in [0, 0.1) is 12.3 Å². The summed E-state index contributed by atoms with van der Waals surface area (Å²) in [5.74, 6) is -1.13. The van der Waals surface area contributed by atoms with E-state index in [-0.39, 0.29) is 44.7 Å². The van der Waals surface area contributed by atoms with Gasteiger partial charge < -0.3 is 44.5 Å². The third-order valence-electron chi connectivity index (χ3n) is 8.86. The van der Waals surface area contributed by atoms with E-state index in [1.54, 1.807) is 16.2 Å². The van der Waals surface area contributed by atoms with Crippen LogP contribution in [0.15, 0.2) is 29.8 Å². The second-order valence-corrected chi connectivity index (χ2v) is 16.1. The zero-order valence-corrected chi connectivity index (χ0v) is 33.3. The number of carbonyl (C=O) groups is 3. The Labute approximate surface area is 313 Å². The molecule has 0 aliphatic carbocycles. The average molecular weight is 748 g/mol. The maximum Gasteiger partial charge on any atom is 0.246 e. The Morgan fingerprint density at radius 1 is 0.962 bits per heavy atom. The van der Waals surface area contributed by atoms with Gasteiger partial charge in [-0.1, -0.05) is 45.0 Å². The Bertz CT molecular complexity index is 1410. The summed E-state index contributed by atoms with van der Waals surface area (Å²) >= 11 is 1.59. The van der Waals surface area contributed by atoms with E-state index in [9.17, 15) is 19.5 Å². The molecule has 1 aliphatic heterocycles. The van der Waals surface area contributed by atoms with Crippen LogP contribution in [0.3, 0.4) is 0 Å². The maximum absolute atomic E-state index is 14.5. The number of β-amino-alcohol motifs (C(OH)–C–C–N with tert-alkyl or cyclic N) is 1. The summed E-state index contributed by atoms with van der Waals surface area (Å²) in [4.78, 5) is 50.4. The number of benzene rings is 1. The predicted molar refractivity (Wildman–Crippen MR) is 202 cm³/mol. The van der Waals surface area contributed by atoms with Crippen LogP contribution in [-0.2, 0) is 33.3 Å². The molecule has 4 atom stereocenters. The molecule has 2 heterocycles. The van der Waals surface area contributed by atoms with E-state index < -0.39 is 41.0 Å². The first-order valence-corrected chi connectivity index (χ1v) is 19.0. The molecule has 1 aromatic carbocycles. The lowest BCUT2D eigenvalue weighted by atomic mass is 9.85. The highest BCUT2D eigenvalue weighted by molar-refractivity contribution is 7.13. The second-order valence-electron chi connectivity index (χ2n) is 15.2. The first kappa shape index (κ1) is 43.4. The average Bonchev–Trinajstić information content (AvgIpc) is 3.69. The lowest BCUT2D eigenvalue weighted by Crippen LogP contribution is -2.60. The van der Waals surface area contributed by atoms with Gasteiger partial charge >= 0.3 is 0 Å². The molecule has 3 N–H and O–H groups in total. The van der Waals surface area contributed by atoms with E-state index >= 15 is 0 Å². The van der Waals surface area contributed by atoms with E-state index in [2.05, 4.69) is 15.6 Å². The first-order valence-electron chi connectivity index (χ1n) is 18.1. The summed E-state index contributed by atoms with van der Waals surface area (Å²) in [6.45, 7) is 18.9. The van der Waals surface area contributed by atoms with Crippen LogP contribution in [0.1, 0.15) is 72.2 Å². The Morgan fingerprint density at radius 3 is 2.06 bits per heavy atom. The normalized spacial score (nSPS) is 17.6. The van der Waals surface area contributed by atoms with Gasteiger partial charge in [-0.25, -0.2) is 4.98 Å². The van der Waals surface area contributed by atoms with E-state index in [0.717, 1.165) is 28.2 Å². The Balaban J connectivity index is 1.59. The highest BCUT2D eigenvalue weighted by atomic mass is 32.1. The molecule has 292 valence electrons. The van der Waals surface area contributed by atoms with Gasteiger partial charge in [0.2, 0.25) is 17.7 Å². The quantitative estimate of drug-likeness (QED) is 0.172. The summed E-state index contributed by atoms with van der Waals surface area (Å²) < 4.78 is 21.9. The number of aliphatic hydroxyl groups excluding tert-OH is 1. The standard InChI is InChI=1S/C38H61N5O8S/c1-26-33(52-25-40-26)29-12-10-28(11-13-29)27(2)43(38(6,7)8)35(46)31-22-30(44)23-42(31)36(47)34(37(3,4)5)41-32(45)24-51-21-20-50-19-18-49-17-16-48-15-14-39-9/h10-13,25,27,30-31,34,39,44H,14-24H2,1-9H3,(H,41,45)/t27-,30+,31-,34+/m0/s1. The van der Waals surface area contributed by atoms with Crippen LogP contribution in [-0.4, -0.2) is 134 Å². The number of ether oxygens (including phenoxy) is 4. The van der Waals surface area contributed by atoms with Crippen molar-refractivity contribution in [3.8, 4) is 10.4 Å². The minimum Gasteiger partial charge on any atom is -0.391 e. The van der Waals surface area contributed by atoms with Crippen LogP contribution in [0.2, 0.25) is 0 Å². The van der Waals surface area contributed by atoms with E-state index in [1.165, 1.54) is 4.90 Å². The molecule has 3 rings (SSSR count). The smallest absolute Gasteiger partial charge is 0.246 e. The predicted octanol–water partition coefficient (Wildman–Crippen LogP) is 3.59. The summed E-state index contributed by atoms with van der Waals surface area (Å²) in [6.07, 6.45) is -0.768. The molecule has 0 saturated carbocycles. The molecule has 3 amide bonds. The molecule has 2 aromatic rings. The molecule has 14 heteroatoms. The number of likely N-dealkylation sites (N-methyl/N-ethyl adjacent to an activating group) is 1. The Kier molecular flexibility index (Phi) is 17.1. The van der Waals surface area contributed by atoms with Crippen molar-refractivity contribution in [1.82, 2.24) is 25.4 Å². The van der Waals surface area contributed by atoms with Crippen molar-refractivity contribution >= 4 is 29.1 Å². The molecule has 1 saturated heterocycles. The van der Waals surface area contributed by atoms with Crippen LogP contribution in [0.25, 0.3) is 10.4 Å². The second kappa shape index (κ2) is 20.5. The fourth-order valence-electron chi connectivity index (χ4n) is 6.21. The minimum absolute atomic E-state index is 0.00609. The third-order valence-corrected chi connectivity index (χ3v) is 9.84. The molecule has 1 aromatic heterocycles. The Hall–Kier alpha value is -2.98. The number of rotatable bonds is 20. The number of nitrogens with one attached hydrogen (secondary N) is 2. The molecule has 0 radical (unpaired) electrons. The number of amides is 3. The Morgan fingerprint density at radius 2 is 1.54 bits per heavy atom. The van der Waals surface area contributed by atoms with Gasteiger partial charge in [0.1, 0.15) is 18.7 Å². The highest BCUT2D eigenvalue weighted by Crippen LogP contribution is 2.35. The fourth-order valence-corrected chi connectivity index (χ4v) is 7.02. The van der Waals surface area contributed by atoms with E-state index in [4.69, 9.17) is 18.9 Å². The zero-order chi connectivity index (χ0) is 38.5. The molecule has 52 heavy (non-hydrogen) atoms. The number of hydrogen-bond acceptors (Lipinski definition) is 11. The number of aryl methyl sites for hydroxylation is 1. The molecule has 0 unspecified atom stereocenters. The van der Waals surface area contributed by atoms with Crippen LogP contribution in [0.5, 0.6) is 0 Å². The van der Waals surface area contributed by atoms with Crippen molar-refractivity contribution in [2.24, 2.45) is 5.41 Å². The van der Waals surface area contributed by atoms with Gasteiger partial charge in [0, 0.05) is 25.0 Å². The molecular formula is C38H61N5O8S. The molecular weight excluding hydrogens is 687 g/mol. The molecule has 0 spiro atoms. The van der Waals surface area contributed by atoms with Crippen molar-refractivity contribution in [3.05, 3.63) is 41.0 Å². The number of likely N-dealkylation sites (tertiary alicyclic amines) is 1. The largest absolute Gasteiger partial charge is 0.391 e. The SMILES string of the molecule is CNCCOCCOCCOCCOCC(=O)N[C@H](C(=O)N1C[C@H](O)C[C@H]1C(=O)N([C@@H](C)c1ccc(-c2scnc2C)cc1)C(C)(C)C)C(C)(C)C. The van der Waals surface area contributed by atoms with E-state index in [0.29, 0.717) is 33.0 Å². The summed E-state index contributed by atoms with van der Waals surface area (Å²) in [6, 6.07) is 5.96. The monoisotopic (exact) mass is 747 g/mol. The third kappa shape index (κ3) is 12.9. The van der Waals surface area contributed by atoms with Crippen molar-refractivity contribution in [1.29, 1.82) is 0 Å². The van der Waals surface area contributed by atoms with Crippen LogP contribution < -0.4 is 10.6 Å². The highest BCUT2D eigenvalue weighted by Gasteiger charge is 2.47. The van der Waals surface area contributed by atoms with Crippen LogP contribution >= 0.6 is 11.3 Å². The van der Waals surface area contributed by atoms with Crippen molar-refractivity contribution in [2.75, 3.05) is 73.0 Å². The number of nitrogens with zero attached hydrogens (tertiary/aromatic N) is 3. The van der Waals surface area contributed by atoms with Crippen molar-refractivity contribution in [2.45, 2.75) is 91.6 Å². The number of aromatic nitrogens is 1. The fraction of sp³-hybridized carbons (Fsp3) is 0.684. The van der Waals surface area contributed by atoms with Gasteiger partial charge in [-0.05, 0) is 58.2 Å². The van der Waals surface area contributed by atoms with Gasteiger partial charge in [-0.15, -0.1) is 11.3 Å². The number of aliphatic hydroxyl groups is 1. The minimum atomic E-state index is -0.955.